The zero-order chi connectivity index (χ0) is 19.3. The van der Waals surface area contributed by atoms with Crippen LogP contribution in [0.4, 0.5) is 0 Å². The minimum absolute atomic E-state index is 0.167. The van der Waals surface area contributed by atoms with Gasteiger partial charge in [0.05, 0.1) is 19.2 Å². The van der Waals surface area contributed by atoms with Crippen LogP contribution in [0.25, 0.3) is 0 Å². The standard InChI is InChI=1S/C21H27NO4/c1-5-9-15(22-13-14-10-7-6-8-11-14)17-16(23)12-21(2,3)18(19(17)24)20(25)26-4/h6-8,10-11,18,24H,5,9,12-13H2,1-4H3/t18-/m1/s1. The average Bonchev–Trinajstić information content (AvgIpc) is 2.59. The number of methoxy groups -OCH3 is 1. The van der Waals surface area contributed by atoms with Crippen LogP contribution in [0.15, 0.2) is 46.7 Å². The molecule has 1 atom stereocenters. The SMILES string of the molecule is CCCC(=NCc1ccccc1)C1=C(O)[C@H](C(=O)OC)C(C)(C)CC1=O. The van der Waals surface area contributed by atoms with Gasteiger partial charge in [0.15, 0.2) is 5.78 Å². The molecule has 140 valence electrons. The number of ketones is 1. The minimum atomic E-state index is -0.862. The fourth-order valence-corrected chi connectivity index (χ4v) is 3.41. The van der Waals surface area contributed by atoms with E-state index < -0.39 is 17.3 Å². The van der Waals surface area contributed by atoms with Crippen LogP contribution in [0.1, 0.15) is 45.6 Å². The first-order valence-corrected chi connectivity index (χ1v) is 8.93. The monoisotopic (exact) mass is 357 g/mol. The van der Waals surface area contributed by atoms with Crippen molar-refractivity contribution in [3.05, 3.63) is 47.2 Å². The highest BCUT2D eigenvalue weighted by Crippen LogP contribution is 2.42. The Kier molecular flexibility index (Phi) is 6.35. The molecule has 1 aromatic rings. The first kappa shape index (κ1) is 19.9. The van der Waals surface area contributed by atoms with Gasteiger partial charge in [-0.15, -0.1) is 0 Å². The number of carbonyl (C=O) groups excluding carboxylic acids is 2. The van der Waals surface area contributed by atoms with E-state index in [2.05, 4.69) is 4.99 Å². The van der Waals surface area contributed by atoms with Gasteiger partial charge in [-0.2, -0.15) is 0 Å². The molecule has 0 unspecified atom stereocenters. The molecule has 1 aromatic carbocycles. The predicted octanol–water partition coefficient (Wildman–Crippen LogP) is 4.03. The average molecular weight is 357 g/mol. The number of benzene rings is 1. The van der Waals surface area contributed by atoms with E-state index in [1.807, 2.05) is 37.3 Å². The van der Waals surface area contributed by atoms with Gasteiger partial charge < -0.3 is 9.84 Å². The second kappa shape index (κ2) is 8.30. The van der Waals surface area contributed by atoms with Crippen molar-refractivity contribution in [1.29, 1.82) is 0 Å². The number of rotatable bonds is 6. The number of aliphatic hydroxyl groups is 1. The van der Waals surface area contributed by atoms with Crippen LogP contribution in [-0.4, -0.2) is 29.7 Å². The Morgan fingerprint density at radius 2 is 1.96 bits per heavy atom. The first-order chi connectivity index (χ1) is 12.3. The number of esters is 1. The summed E-state index contributed by atoms with van der Waals surface area (Å²) in [5.41, 5.74) is 1.07. The highest BCUT2D eigenvalue weighted by Gasteiger charge is 2.47. The quantitative estimate of drug-likeness (QED) is 0.616. The molecule has 5 nitrogen and oxygen atoms in total. The van der Waals surface area contributed by atoms with E-state index in [4.69, 9.17) is 4.74 Å². The predicted molar refractivity (Wildman–Crippen MR) is 101 cm³/mol. The minimum Gasteiger partial charge on any atom is -0.511 e. The Balaban J connectivity index is 2.47. The van der Waals surface area contributed by atoms with Crippen LogP contribution in [0.2, 0.25) is 0 Å². The van der Waals surface area contributed by atoms with Crippen LogP contribution in [-0.2, 0) is 20.9 Å². The summed E-state index contributed by atoms with van der Waals surface area (Å²) in [5, 5.41) is 10.8. The van der Waals surface area contributed by atoms with E-state index in [0.717, 1.165) is 12.0 Å². The molecule has 0 aromatic heterocycles. The molecule has 0 spiro atoms. The van der Waals surface area contributed by atoms with Crippen LogP contribution < -0.4 is 0 Å². The Morgan fingerprint density at radius 3 is 2.54 bits per heavy atom. The lowest BCUT2D eigenvalue weighted by Crippen LogP contribution is -2.41. The maximum Gasteiger partial charge on any atom is 0.316 e. The van der Waals surface area contributed by atoms with Gasteiger partial charge in [0.25, 0.3) is 0 Å². The number of hydrogen-bond donors (Lipinski definition) is 1. The van der Waals surface area contributed by atoms with Gasteiger partial charge in [0.2, 0.25) is 0 Å². The van der Waals surface area contributed by atoms with Gasteiger partial charge in [-0.25, -0.2) is 0 Å². The van der Waals surface area contributed by atoms with Crippen molar-refractivity contribution in [3.8, 4) is 0 Å². The molecule has 0 saturated heterocycles. The first-order valence-electron chi connectivity index (χ1n) is 8.93. The van der Waals surface area contributed by atoms with E-state index in [-0.39, 0.29) is 23.5 Å². The number of ether oxygens (including phenoxy) is 1. The van der Waals surface area contributed by atoms with E-state index in [1.54, 1.807) is 13.8 Å². The molecule has 0 saturated carbocycles. The molecular formula is C21H27NO4. The fourth-order valence-electron chi connectivity index (χ4n) is 3.41. The molecule has 5 heteroatoms. The summed E-state index contributed by atoms with van der Waals surface area (Å²) in [6.07, 6.45) is 1.51. The molecule has 0 bridgehead atoms. The van der Waals surface area contributed by atoms with Gasteiger partial charge in [-0.1, -0.05) is 57.5 Å². The lowest BCUT2D eigenvalue weighted by molar-refractivity contribution is -0.150. The zero-order valence-corrected chi connectivity index (χ0v) is 15.9. The maximum atomic E-state index is 12.8. The van der Waals surface area contributed by atoms with Crippen LogP contribution >= 0.6 is 0 Å². The molecule has 1 aliphatic rings. The highest BCUT2D eigenvalue weighted by molar-refractivity contribution is 6.23. The van der Waals surface area contributed by atoms with Crippen LogP contribution in [0.5, 0.6) is 0 Å². The summed E-state index contributed by atoms with van der Waals surface area (Å²) in [4.78, 5) is 29.6. The summed E-state index contributed by atoms with van der Waals surface area (Å²) < 4.78 is 4.86. The van der Waals surface area contributed by atoms with Crippen molar-refractivity contribution in [3.63, 3.8) is 0 Å². The molecule has 0 radical (unpaired) electrons. The van der Waals surface area contributed by atoms with Crippen molar-refractivity contribution in [1.82, 2.24) is 0 Å². The lowest BCUT2D eigenvalue weighted by Gasteiger charge is -2.36. The van der Waals surface area contributed by atoms with E-state index in [9.17, 15) is 14.7 Å². The number of aliphatic imine (C=N–C) groups is 1. The smallest absolute Gasteiger partial charge is 0.316 e. The van der Waals surface area contributed by atoms with Gasteiger partial charge >= 0.3 is 5.97 Å². The molecule has 0 heterocycles. The Labute approximate surface area is 154 Å². The van der Waals surface area contributed by atoms with Crippen molar-refractivity contribution < 1.29 is 19.4 Å². The molecule has 0 fully saturated rings. The number of Topliss-reactive ketones (excluding diaryl/α,β-unsaturated/α-hetero) is 1. The van der Waals surface area contributed by atoms with E-state index >= 15 is 0 Å². The Hall–Kier alpha value is -2.43. The molecule has 0 amide bonds. The summed E-state index contributed by atoms with van der Waals surface area (Å²) in [6, 6.07) is 9.72. The van der Waals surface area contributed by atoms with Crippen molar-refractivity contribution in [2.75, 3.05) is 7.11 Å². The summed E-state index contributed by atoms with van der Waals surface area (Å²) >= 11 is 0. The Bertz CT molecular complexity index is 732. The molecular weight excluding hydrogens is 330 g/mol. The van der Waals surface area contributed by atoms with Gasteiger partial charge in [-0.3, -0.25) is 14.6 Å². The number of carbonyl (C=O) groups is 2. The summed E-state index contributed by atoms with van der Waals surface area (Å²) in [7, 11) is 1.29. The largest absolute Gasteiger partial charge is 0.511 e. The number of aliphatic hydroxyl groups excluding tert-OH is 1. The second-order valence-electron chi connectivity index (χ2n) is 7.30. The molecule has 1 aliphatic carbocycles. The third-order valence-electron chi connectivity index (χ3n) is 4.71. The van der Waals surface area contributed by atoms with E-state index in [0.29, 0.717) is 18.7 Å². The maximum absolute atomic E-state index is 12.8. The summed E-state index contributed by atoms with van der Waals surface area (Å²) in [6.45, 7) is 6.00. The van der Waals surface area contributed by atoms with Crippen molar-refractivity contribution in [2.24, 2.45) is 16.3 Å². The van der Waals surface area contributed by atoms with Crippen LogP contribution in [0.3, 0.4) is 0 Å². The van der Waals surface area contributed by atoms with Crippen LogP contribution in [0, 0.1) is 11.3 Å². The highest BCUT2D eigenvalue weighted by atomic mass is 16.5. The third-order valence-corrected chi connectivity index (χ3v) is 4.71. The van der Waals surface area contributed by atoms with E-state index in [1.165, 1.54) is 7.11 Å². The zero-order valence-electron chi connectivity index (χ0n) is 15.9. The molecule has 2 rings (SSSR count). The van der Waals surface area contributed by atoms with Crippen molar-refractivity contribution in [2.45, 2.75) is 46.6 Å². The number of nitrogens with zero attached hydrogens (tertiary/aromatic N) is 1. The topological polar surface area (TPSA) is 76.0 Å². The number of allylic oxidation sites excluding steroid dienone is 1. The second-order valence-corrected chi connectivity index (χ2v) is 7.30. The number of hydrogen-bond acceptors (Lipinski definition) is 5. The molecule has 26 heavy (non-hydrogen) atoms. The fraction of sp³-hybridized carbons (Fsp3) is 0.476. The molecule has 0 aliphatic heterocycles. The van der Waals surface area contributed by atoms with Crippen molar-refractivity contribution >= 4 is 17.5 Å². The lowest BCUT2D eigenvalue weighted by atomic mass is 9.67. The van der Waals surface area contributed by atoms with Gasteiger partial charge in [0.1, 0.15) is 11.7 Å². The third kappa shape index (κ3) is 4.21. The molecule has 1 N–H and O–H groups in total. The normalized spacial score (nSPS) is 20.2. The Morgan fingerprint density at radius 1 is 1.31 bits per heavy atom. The van der Waals surface area contributed by atoms with Gasteiger partial charge in [0, 0.05) is 12.1 Å². The van der Waals surface area contributed by atoms with Gasteiger partial charge in [-0.05, 0) is 17.4 Å². The summed E-state index contributed by atoms with van der Waals surface area (Å²) in [5.74, 6) is -1.78.